The molecule has 12 heavy (non-hydrogen) atoms. The van der Waals surface area contributed by atoms with Gasteiger partial charge in [-0.2, -0.15) is 0 Å². The molecule has 0 aromatic heterocycles. The van der Waals surface area contributed by atoms with Crippen molar-refractivity contribution in [1.82, 2.24) is 0 Å². The van der Waals surface area contributed by atoms with Crippen LogP contribution in [-0.4, -0.2) is 15.0 Å². The van der Waals surface area contributed by atoms with Crippen LogP contribution in [0.25, 0.3) is 0 Å². The topological polar surface area (TPSA) is 0 Å². The van der Waals surface area contributed by atoms with E-state index < -0.39 is 0 Å². The van der Waals surface area contributed by atoms with Crippen LogP contribution >= 0.6 is 0 Å². The maximum atomic E-state index is 2.26. The Morgan fingerprint density at radius 3 is 2.58 bits per heavy atom. The molecule has 0 nitrogen and oxygen atoms in total. The van der Waals surface area contributed by atoms with Crippen molar-refractivity contribution in [2.75, 3.05) is 0 Å². The fourth-order valence-corrected chi connectivity index (χ4v) is 3.25. The van der Waals surface area contributed by atoms with E-state index in [4.69, 9.17) is 0 Å². The molecule has 0 unspecified atom stereocenters. The molecule has 0 aliphatic rings. The van der Waals surface area contributed by atoms with Crippen LogP contribution in [0.5, 0.6) is 0 Å². The third kappa shape index (κ3) is 3.94. The van der Waals surface area contributed by atoms with Crippen molar-refractivity contribution in [3.05, 3.63) is 35.9 Å². The molecule has 0 saturated heterocycles. The van der Waals surface area contributed by atoms with Crippen molar-refractivity contribution in [2.45, 2.75) is 30.4 Å². The van der Waals surface area contributed by atoms with E-state index in [2.05, 4.69) is 37.3 Å². The van der Waals surface area contributed by atoms with Gasteiger partial charge in [0.1, 0.15) is 0 Å². The SMILES string of the molecule is CCCC[Se]Cc1ccccc1. The van der Waals surface area contributed by atoms with Gasteiger partial charge in [0.2, 0.25) is 0 Å². The second kappa shape index (κ2) is 6.28. The average molecular weight is 227 g/mol. The molecule has 0 aliphatic heterocycles. The van der Waals surface area contributed by atoms with Crippen LogP contribution in [-0.2, 0) is 5.32 Å². The molecule has 0 bridgehead atoms. The number of hydrogen-bond acceptors (Lipinski definition) is 0. The minimum absolute atomic E-state index is 0.831. The Morgan fingerprint density at radius 1 is 1.17 bits per heavy atom. The summed E-state index contributed by atoms with van der Waals surface area (Å²) >= 11 is 0.831. The molecule has 0 amide bonds. The van der Waals surface area contributed by atoms with Gasteiger partial charge in [0, 0.05) is 0 Å². The second-order valence-electron chi connectivity index (χ2n) is 2.89. The van der Waals surface area contributed by atoms with Crippen LogP contribution in [0.1, 0.15) is 25.3 Å². The maximum absolute atomic E-state index is 2.26. The fraction of sp³-hybridized carbons (Fsp3) is 0.455. The van der Waals surface area contributed by atoms with E-state index >= 15 is 0 Å². The molecule has 1 heteroatoms. The Balaban J connectivity index is 2.16. The number of hydrogen-bond donors (Lipinski definition) is 0. The van der Waals surface area contributed by atoms with Gasteiger partial charge < -0.3 is 0 Å². The number of unbranched alkanes of at least 4 members (excludes halogenated alkanes) is 1. The van der Waals surface area contributed by atoms with Crippen molar-refractivity contribution in [3.8, 4) is 0 Å². The molecule has 0 N–H and O–H groups in total. The summed E-state index contributed by atoms with van der Waals surface area (Å²) < 4.78 is 0. The molecule has 66 valence electrons. The molecule has 1 aromatic carbocycles. The quantitative estimate of drug-likeness (QED) is 0.535. The summed E-state index contributed by atoms with van der Waals surface area (Å²) in [5, 5.41) is 2.76. The van der Waals surface area contributed by atoms with Crippen molar-refractivity contribution >= 4 is 15.0 Å². The molecule has 0 fully saturated rings. The van der Waals surface area contributed by atoms with E-state index in [1.807, 2.05) is 0 Å². The zero-order chi connectivity index (χ0) is 8.65. The monoisotopic (exact) mass is 228 g/mol. The summed E-state index contributed by atoms with van der Waals surface area (Å²) in [6.07, 6.45) is 2.75. The van der Waals surface area contributed by atoms with Gasteiger partial charge in [0.15, 0.2) is 0 Å². The van der Waals surface area contributed by atoms with Gasteiger partial charge in [-0.05, 0) is 0 Å². The van der Waals surface area contributed by atoms with Gasteiger partial charge in [-0.3, -0.25) is 0 Å². The van der Waals surface area contributed by atoms with Crippen LogP contribution < -0.4 is 0 Å². The molecular weight excluding hydrogens is 211 g/mol. The van der Waals surface area contributed by atoms with E-state index in [1.54, 1.807) is 0 Å². The first-order chi connectivity index (χ1) is 5.93. The van der Waals surface area contributed by atoms with Gasteiger partial charge in [-0.25, -0.2) is 0 Å². The zero-order valence-corrected chi connectivity index (χ0v) is 9.34. The zero-order valence-electron chi connectivity index (χ0n) is 7.62. The summed E-state index contributed by atoms with van der Waals surface area (Å²) in [5.74, 6) is 0. The first kappa shape index (κ1) is 9.82. The molecule has 0 atom stereocenters. The Labute approximate surface area is 81.5 Å². The predicted molar refractivity (Wildman–Crippen MR) is 55.6 cm³/mol. The molecule has 1 rings (SSSR count). The van der Waals surface area contributed by atoms with Gasteiger partial charge in [-0.15, -0.1) is 0 Å². The van der Waals surface area contributed by atoms with Gasteiger partial charge in [0.25, 0.3) is 0 Å². The van der Waals surface area contributed by atoms with Gasteiger partial charge >= 0.3 is 81.3 Å². The second-order valence-corrected chi connectivity index (χ2v) is 5.21. The van der Waals surface area contributed by atoms with Crippen LogP contribution in [0, 0.1) is 0 Å². The molecule has 0 aliphatic carbocycles. The third-order valence-electron chi connectivity index (χ3n) is 1.75. The van der Waals surface area contributed by atoms with Crippen molar-refractivity contribution in [1.29, 1.82) is 0 Å². The summed E-state index contributed by atoms with van der Waals surface area (Å²) in [7, 11) is 0. The van der Waals surface area contributed by atoms with Crippen LogP contribution in [0.3, 0.4) is 0 Å². The van der Waals surface area contributed by atoms with E-state index in [1.165, 1.54) is 29.0 Å². The van der Waals surface area contributed by atoms with Gasteiger partial charge in [0.05, 0.1) is 0 Å². The summed E-state index contributed by atoms with van der Waals surface area (Å²) in [6, 6.07) is 10.8. The summed E-state index contributed by atoms with van der Waals surface area (Å²) in [4.78, 5) is 0. The predicted octanol–water partition coefficient (Wildman–Crippen LogP) is 3.11. The first-order valence-electron chi connectivity index (χ1n) is 4.55. The molecule has 1 aromatic rings. The normalized spacial score (nSPS) is 10.1. The molecular formula is C11H16Se. The van der Waals surface area contributed by atoms with Crippen LogP contribution in [0.15, 0.2) is 30.3 Å². The minimum atomic E-state index is 0.831. The fourth-order valence-electron chi connectivity index (χ4n) is 1.01. The Kier molecular flexibility index (Phi) is 5.14. The van der Waals surface area contributed by atoms with Crippen LogP contribution in [0.4, 0.5) is 0 Å². The summed E-state index contributed by atoms with van der Waals surface area (Å²) in [6.45, 7) is 2.26. The van der Waals surface area contributed by atoms with Crippen molar-refractivity contribution in [2.24, 2.45) is 0 Å². The van der Waals surface area contributed by atoms with Crippen molar-refractivity contribution in [3.63, 3.8) is 0 Å². The number of rotatable bonds is 5. The summed E-state index contributed by atoms with van der Waals surface area (Å²) in [5.41, 5.74) is 1.51. The molecule has 0 saturated carbocycles. The number of benzene rings is 1. The first-order valence-corrected chi connectivity index (χ1v) is 6.97. The third-order valence-corrected chi connectivity index (χ3v) is 4.09. The standard InChI is InChI=1S/C11H16Se/c1-2-3-9-12-10-11-7-5-4-6-8-11/h4-8H,2-3,9-10H2,1H3. The molecule has 0 radical (unpaired) electrons. The Morgan fingerprint density at radius 2 is 1.92 bits per heavy atom. The Hall–Kier alpha value is -0.261. The van der Waals surface area contributed by atoms with Gasteiger partial charge in [-0.1, -0.05) is 0 Å². The molecule has 0 heterocycles. The van der Waals surface area contributed by atoms with E-state index in [0.29, 0.717) is 0 Å². The Bertz CT molecular complexity index is 193. The molecule has 0 spiro atoms. The van der Waals surface area contributed by atoms with E-state index in [9.17, 15) is 0 Å². The van der Waals surface area contributed by atoms with E-state index in [0.717, 1.165) is 15.0 Å². The van der Waals surface area contributed by atoms with Crippen LogP contribution in [0.2, 0.25) is 5.32 Å². The van der Waals surface area contributed by atoms with Crippen molar-refractivity contribution < 1.29 is 0 Å². The average Bonchev–Trinajstić information content (AvgIpc) is 2.14. The van der Waals surface area contributed by atoms with E-state index in [-0.39, 0.29) is 0 Å².